The normalized spacial score (nSPS) is 15.9. The van der Waals surface area contributed by atoms with Crippen LogP contribution in [0.2, 0.25) is 0 Å². The molecule has 0 bridgehead atoms. The molecule has 1 aliphatic rings. The van der Waals surface area contributed by atoms with E-state index in [1.807, 2.05) is 0 Å². The van der Waals surface area contributed by atoms with E-state index in [4.69, 9.17) is 0 Å². The Bertz CT molecular complexity index is 311. The van der Waals surface area contributed by atoms with Crippen molar-refractivity contribution in [1.82, 2.24) is 0 Å². The summed E-state index contributed by atoms with van der Waals surface area (Å²) in [5.41, 5.74) is 3.00. The molecular weight excluding hydrogens is 250 g/mol. The van der Waals surface area contributed by atoms with Crippen LogP contribution in [-0.4, -0.2) is 18.4 Å². The van der Waals surface area contributed by atoms with E-state index in [0.717, 1.165) is 5.33 Å². The number of aryl methyl sites for hydroxylation is 1. The molecule has 1 aromatic rings. The van der Waals surface area contributed by atoms with Crippen LogP contribution in [0.3, 0.4) is 0 Å². The first-order valence-electron chi connectivity index (χ1n) is 5.80. The van der Waals surface area contributed by atoms with Crippen LogP contribution in [0.5, 0.6) is 0 Å². The first-order valence-corrected chi connectivity index (χ1v) is 6.93. The van der Waals surface area contributed by atoms with E-state index in [-0.39, 0.29) is 0 Å². The molecule has 2 heteroatoms. The Labute approximate surface area is 101 Å². The van der Waals surface area contributed by atoms with E-state index in [1.54, 1.807) is 0 Å². The highest BCUT2D eigenvalue weighted by Gasteiger charge is 2.13. The number of rotatable bonds is 3. The summed E-state index contributed by atoms with van der Waals surface area (Å²) in [6.45, 7) is 2.41. The van der Waals surface area contributed by atoms with Crippen LogP contribution in [0, 0.1) is 0 Å². The second-order valence-corrected chi connectivity index (χ2v) is 4.91. The monoisotopic (exact) mass is 267 g/mol. The molecule has 82 valence electrons. The van der Waals surface area contributed by atoms with Crippen molar-refractivity contribution < 1.29 is 0 Å². The molecule has 0 saturated heterocycles. The van der Waals surface area contributed by atoms with E-state index in [9.17, 15) is 0 Å². The average Bonchev–Trinajstić information content (AvgIpc) is 2.49. The van der Waals surface area contributed by atoms with E-state index >= 15 is 0 Å². The zero-order chi connectivity index (χ0) is 10.5. The Morgan fingerprint density at radius 3 is 2.93 bits per heavy atom. The number of halogens is 1. The minimum Gasteiger partial charge on any atom is -0.371 e. The maximum absolute atomic E-state index is 3.51. The van der Waals surface area contributed by atoms with Gasteiger partial charge in [-0.15, -0.1) is 0 Å². The molecule has 0 N–H and O–H groups in total. The van der Waals surface area contributed by atoms with Crippen LogP contribution < -0.4 is 4.90 Å². The quantitative estimate of drug-likeness (QED) is 0.757. The van der Waals surface area contributed by atoms with E-state index in [2.05, 4.69) is 45.1 Å². The summed E-state index contributed by atoms with van der Waals surface area (Å²) in [4.78, 5) is 2.55. The molecule has 0 fully saturated rings. The highest BCUT2D eigenvalue weighted by molar-refractivity contribution is 9.09. The van der Waals surface area contributed by atoms with E-state index in [0.29, 0.717) is 0 Å². The molecule has 2 rings (SSSR count). The fourth-order valence-electron chi connectivity index (χ4n) is 2.25. The molecule has 1 aromatic carbocycles. The SMILES string of the molecule is BrCCCN1CCCCc2ccccc21. The van der Waals surface area contributed by atoms with Crippen LogP contribution in [0.4, 0.5) is 5.69 Å². The van der Waals surface area contributed by atoms with Gasteiger partial charge in [0.2, 0.25) is 0 Å². The van der Waals surface area contributed by atoms with Crippen LogP contribution in [0.25, 0.3) is 0 Å². The third-order valence-electron chi connectivity index (χ3n) is 3.02. The summed E-state index contributed by atoms with van der Waals surface area (Å²) in [6, 6.07) is 8.87. The van der Waals surface area contributed by atoms with Crippen molar-refractivity contribution in [2.24, 2.45) is 0 Å². The average molecular weight is 268 g/mol. The van der Waals surface area contributed by atoms with Gasteiger partial charge in [0.15, 0.2) is 0 Å². The second kappa shape index (κ2) is 5.55. The summed E-state index contributed by atoms with van der Waals surface area (Å²) in [5.74, 6) is 0. The van der Waals surface area contributed by atoms with Gasteiger partial charge in [0, 0.05) is 24.1 Å². The second-order valence-electron chi connectivity index (χ2n) is 4.12. The van der Waals surface area contributed by atoms with Crippen molar-refractivity contribution in [2.45, 2.75) is 25.7 Å². The lowest BCUT2D eigenvalue weighted by Gasteiger charge is -2.24. The fraction of sp³-hybridized carbons (Fsp3) is 0.538. The first-order chi connectivity index (χ1) is 7.42. The fourth-order valence-corrected chi connectivity index (χ4v) is 2.50. The number of benzene rings is 1. The molecule has 0 saturated carbocycles. The Kier molecular flexibility index (Phi) is 4.07. The summed E-state index contributed by atoms with van der Waals surface area (Å²) < 4.78 is 0. The number of para-hydroxylation sites is 1. The molecule has 1 nitrogen and oxygen atoms in total. The predicted octanol–water partition coefficient (Wildman–Crippen LogP) is 3.61. The van der Waals surface area contributed by atoms with Gasteiger partial charge < -0.3 is 4.90 Å². The van der Waals surface area contributed by atoms with Crippen molar-refractivity contribution in [3.05, 3.63) is 29.8 Å². The number of hydrogen-bond acceptors (Lipinski definition) is 1. The number of anilines is 1. The van der Waals surface area contributed by atoms with Gasteiger partial charge in [-0.25, -0.2) is 0 Å². The highest BCUT2D eigenvalue weighted by atomic mass is 79.9. The molecule has 0 unspecified atom stereocenters. The maximum atomic E-state index is 3.51. The van der Waals surface area contributed by atoms with Gasteiger partial charge in [-0.1, -0.05) is 34.1 Å². The number of hydrogen-bond donors (Lipinski definition) is 0. The van der Waals surface area contributed by atoms with Gasteiger partial charge in [-0.05, 0) is 37.3 Å². The highest BCUT2D eigenvalue weighted by Crippen LogP contribution is 2.25. The van der Waals surface area contributed by atoms with Gasteiger partial charge >= 0.3 is 0 Å². The standard InChI is InChI=1S/C13H18BrN/c14-9-5-11-15-10-4-3-7-12-6-1-2-8-13(12)15/h1-2,6,8H,3-5,7,9-11H2. The third kappa shape index (κ3) is 2.75. The minimum atomic E-state index is 1.10. The zero-order valence-corrected chi connectivity index (χ0v) is 10.7. The molecule has 0 atom stereocenters. The minimum absolute atomic E-state index is 1.10. The molecule has 1 aliphatic heterocycles. The molecule has 15 heavy (non-hydrogen) atoms. The van der Waals surface area contributed by atoms with Crippen molar-refractivity contribution in [1.29, 1.82) is 0 Å². The number of alkyl halides is 1. The largest absolute Gasteiger partial charge is 0.371 e. The van der Waals surface area contributed by atoms with E-state index in [1.165, 1.54) is 50.0 Å². The molecular formula is C13H18BrN. The molecule has 0 aliphatic carbocycles. The van der Waals surface area contributed by atoms with E-state index < -0.39 is 0 Å². The van der Waals surface area contributed by atoms with Crippen LogP contribution in [0.1, 0.15) is 24.8 Å². The van der Waals surface area contributed by atoms with Crippen LogP contribution in [-0.2, 0) is 6.42 Å². The number of fused-ring (bicyclic) bond motifs is 1. The molecule has 0 spiro atoms. The third-order valence-corrected chi connectivity index (χ3v) is 3.58. The molecule has 0 radical (unpaired) electrons. The van der Waals surface area contributed by atoms with Crippen molar-refractivity contribution in [2.75, 3.05) is 23.3 Å². The van der Waals surface area contributed by atoms with Gasteiger partial charge in [0.1, 0.15) is 0 Å². The van der Waals surface area contributed by atoms with Crippen LogP contribution in [0.15, 0.2) is 24.3 Å². The Morgan fingerprint density at radius 1 is 1.20 bits per heavy atom. The lowest BCUT2D eigenvalue weighted by Crippen LogP contribution is -2.25. The maximum Gasteiger partial charge on any atom is 0.0398 e. The van der Waals surface area contributed by atoms with Crippen LogP contribution >= 0.6 is 15.9 Å². The van der Waals surface area contributed by atoms with Gasteiger partial charge in [-0.3, -0.25) is 0 Å². The van der Waals surface area contributed by atoms with Crippen molar-refractivity contribution in [3.63, 3.8) is 0 Å². The predicted molar refractivity (Wildman–Crippen MR) is 70.0 cm³/mol. The van der Waals surface area contributed by atoms with Gasteiger partial charge in [-0.2, -0.15) is 0 Å². The smallest absolute Gasteiger partial charge is 0.0398 e. The first kappa shape index (κ1) is 11.0. The number of nitrogens with zero attached hydrogens (tertiary/aromatic N) is 1. The topological polar surface area (TPSA) is 3.24 Å². The molecule has 0 aromatic heterocycles. The van der Waals surface area contributed by atoms with Gasteiger partial charge in [0.05, 0.1) is 0 Å². The lowest BCUT2D eigenvalue weighted by molar-refractivity contribution is 0.707. The Morgan fingerprint density at radius 2 is 2.07 bits per heavy atom. The Hall–Kier alpha value is -0.500. The zero-order valence-electron chi connectivity index (χ0n) is 9.08. The Balaban J connectivity index is 2.17. The molecule has 1 heterocycles. The molecule has 0 amide bonds. The summed E-state index contributed by atoms with van der Waals surface area (Å²) >= 11 is 3.51. The summed E-state index contributed by atoms with van der Waals surface area (Å²) in [7, 11) is 0. The van der Waals surface area contributed by atoms with Crippen molar-refractivity contribution >= 4 is 21.6 Å². The lowest BCUT2D eigenvalue weighted by atomic mass is 10.1. The summed E-state index contributed by atoms with van der Waals surface area (Å²) in [6.07, 6.45) is 5.15. The summed E-state index contributed by atoms with van der Waals surface area (Å²) in [5, 5.41) is 1.10. The van der Waals surface area contributed by atoms with Crippen molar-refractivity contribution in [3.8, 4) is 0 Å². The van der Waals surface area contributed by atoms with Gasteiger partial charge in [0.25, 0.3) is 0 Å².